The average Bonchev–Trinajstić information content (AvgIpc) is 2.75. The van der Waals surface area contributed by atoms with Crippen LogP contribution in [-0.4, -0.2) is 30.3 Å². The van der Waals surface area contributed by atoms with Gasteiger partial charge in [0.15, 0.2) is 0 Å². The van der Waals surface area contributed by atoms with Crippen LogP contribution in [-0.2, 0) is 6.54 Å². The average molecular weight is 193 g/mol. The zero-order chi connectivity index (χ0) is 9.97. The number of hydrogen-bond donors (Lipinski definition) is 2. The Kier molecular flexibility index (Phi) is 2.28. The van der Waals surface area contributed by atoms with Crippen LogP contribution < -0.4 is 0 Å². The van der Waals surface area contributed by atoms with Gasteiger partial charge in [0.2, 0.25) is 0 Å². The number of nitrogens with one attached hydrogen (secondary N) is 1. The van der Waals surface area contributed by atoms with Crippen LogP contribution in [0.4, 0.5) is 0 Å². The second kappa shape index (κ2) is 3.59. The zero-order valence-corrected chi connectivity index (χ0v) is 7.75. The monoisotopic (exact) mass is 193 g/mol. The van der Waals surface area contributed by atoms with Gasteiger partial charge in [-0.25, -0.2) is 4.68 Å². The van der Waals surface area contributed by atoms with Crippen LogP contribution >= 0.6 is 0 Å². The fourth-order valence-electron chi connectivity index (χ4n) is 1.25. The Labute approximate surface area is 80.6 Å². The van der Waals surface area contributed by atoms with E-state index < -0.39 is 6.10 Å². The van der Waals surface area contributed by atoms with E-state index in [0.29, 0.717) is 12.2 Å². The van der Waals surface area contributed by atoms with E-state index in [9.17, 15) is 5.11 Å². The van der Waals surface area contributed by atoms with Crippen molar-refractivity contribution in [3.63, 3.8) is 0 Å². The van der Waals surface area contributed by atoms with E-state index in [2.05, 4.69) is 20.5 Å². The molecule has 6 heteroatoms. The molecule has 1 atom stereocenters. The number of aliphatic hydroxyl groups is 1. The van der Waals surface area contributed by atoms with Crippen molar-refractivity contribution >= 4 is 0 Å². The fraction of sp³-hybridized carbons (Fsp3) is 0.375. The number of hydrogen-bond acceptors (Lipinski definition) is 4. The van der Waals surface area contributed by atoms with E-state index in [0.717, 1.165) is 5.56 Å². The summed E-state index contributed by atoms with van der Waals surface area (Å²) in [4.78, 5) is 0. The van der Waals surface area contributed by atoms with Gasteiger partial charge in [0, 0.05) is 11.8 Å². The summed E-state index contributed by atoms with van der Waals surface area (Å²) in [5.74, 6) is 0. The summed E-state index contributed by atoms with van der Waals surface area (Å²) in [5, 5.41) is 23.6. The third-order valence-corrected chi connectivity index (χ3v) is 1.96. The van der Waals surface area contributed by atoms with Gasteiger partial charge in [0.25, 0.3) is 0 Å². The van der Waals surface area contributed by atoms with E-state index in [1.807, 2.05) is 0 Å². The molecule has 0 fully saturated rings. The van der Waals surface area contributed by atoms with Gasteiger partial charge in [0.05, 0.1) is 30.7 Å². The Bertz CT molecular complexity index is 392. The summed E-state index contributed by atoms with van der Waals surface area (Å²) in [6.45, 7) is 2.25. The first kappa shape index (κ1) is 8.89. The molecule has 2 heterocycles. The van der Waals surface area contributed by atoms with Gasteiger partial charge < -0.3 is 5.11 Å². The van der Waals surface area contributed by atoms with Crippen molar-refractivity contribution in [3.8, 4) is 0 Å². The minimum Gasteiger partial charge on any atom is -0.387 e. The second-order valence-corrected chi connectivity index (χ2v) is 3.10. The van der Waals surface area contributed by atoms with Crippen molar-refractivity contribution in [1.82, 2.24) is 25.2 Å². The second-order valence-electron chi connectivity index (χ2n) is 3.10. The molecule has 0 aliphatic rings. The van der Waals surface area contributed by atoms with Crippen LogP contribution in [0.3, 0.4) is 0 Å². The van der Waals surface area contributed by atoms with Gasteiger partial charge in [-0.1, -0.05) is 5.21 Å². The van der Waals surface area contributed by atoms with Crippen molar-refractivity contribution in [3.05, 3.63) is 29.8 Å². The number of aliphatic hydroxyl groups excluding tert-OH is 1. The van der Waals surface area contributed by atoms with E-state index in [1.54, 1.807) is 30.2 Å². The Hall–Kier alpha value is -1.69. The van der Waals surface area contributed by atoms with Crippen molar-refractivity contribution in [1.29, 1.82) is 0 Å². The molecule has 0 saturated carbocycles. The van der Waals surface area contributed by atoms with Crippen molar-refractivity contribution in [2.75, 3.05) is 0 Å². The van der Waals surface area contributed by atoms with Gasteiger partial charge in [-0.15, -0.1) is 5.10 Å². The van der Waals surface area contributed by atoms with Crippen LogP contribution in [0.2, 0.25) is 0 Å². The number of nitrogens with zero attached hydrogens (tertiary/aromatic N) is 4. The minimum absolute atomic E-state index is 0.558. The lowest BCUT2D eigenvalue weighted by Gasteiger charge is -2.05. The molecular weight excluding hydrogens is 182 g/mol. The normalized spacial score (nSPS) is 13.0. The van der Waals surface area contributed by atoms with E-state index >= 15 is 0 Å². The molecule has 14 heavy (non-hydrogen) atoms. The van der Waals surface area contributed by atoms with Crippen molar-refractivity contribution in [2.24, 2.45) is 0 Å². The standard InChI is InChI=1S/C8H11N5O/c1-6(14)8-4-11-12-13(8)5-7-2-9-10-3-7/h2-4,6,14H,5H2,1H3,(H,9,10)/t6-/m1/s1. The van der Waals surface area contributed by atoms with Crippen LogP contribution in [0.1, 0.15) is 24.3 Å². The van der Waals surface area contributed by atoms with E-state index in [1.165, 1.54) is 0 Å². The van der Waals surface area contributed by atoms with E-state index in [4.69, 9.17) is 0 Å². The number of H-pyrrole nitrogens is 1. The largest absolute Gasteiger partial charge is 0.387 e. The van der Waals surface area contributed by atoms with Gasteiger partial charge in [-0.3, -0.25) is 5.10 Å². The predicted octanol–water partition coefficient (Wildman–Crippen LogP) is 0.103. The smallest absolute Gasteiger partial charge is 0.0945 e. The zero-order valence-electron chi connectivity index (χ0n) is 7.75. The quantitative estimate of drug-likeness (QED) is 0.724. The van der Waals surface area contributed by atoms with Crippen molar-refractivity contribution in [2.45, 2.75) is 19.6 Å². The number of rotatable bonds is 3. The molecule has 2 N–H and O–H groups in total. The molecule has 74 valence electrons. The highest BCUT2D eigenvalue weighted by Crippen LogP contribution is 2.10. The molecule has 2 aromatic rings. The predicted molar refractivity (Wildman–Crippen MR) is 48.3 cm³/mol. The Morgan fingerprint density at radius 1 is 1.57 bits per heavy atom. The maximum absolute atomic E-state index is 9.40. The molecule has 0 aliphatic carbocycles. The van der Waals surface area contributed by atoms with Crippen LogP contribution in [0.25, 0.3) is 0 Å². The molecule has 0 radical (unpaired) electrons. The topological polar surface area (TPSA) is 79.6 Å². The highest BCUT2D eigenvalue weighted by Gasteiger charge is 2.09. The summed E-state index contributed by atoms with van der Waals surface area (Å²) in [5.41, 5.74) is 1.70. The summed E-state index contributed by atoms with van der Waals surface area (Å²) in [7, 11) is 0. The first-order valence-corrected chi connectivity index (χ1v) is 4.31. The van der Waals surface area contributed by atoms with Crippen LogP contribution in [0, 0.1) is 0 Å². The molecule has 2 aromatic heterocycles. The molecule has 0 amide bonds. The van der Waals surface area contributed by atoms with Crippen molar-refractivity contribution < 1.29 is 5.11 Å². The first-order chi connectivity index (χ1) is 6.77. The Morgan fingerprint density at radius 2 is 2.43 bits per heavy atom. The summed E-state index contributed by atoms with van der Waals surface area (Å²) in [6, 6.07) is 0. The van der Waals surface area contributed by atoms with Gasteiger partial charge in [-0.2, -0.15) is 5.10 Å². The molecule has 0 aromatic carbocycles. The van der Waals surface area contributed by atoms with Gasteiger partial charge in [0.1, 0.15) is 0 Å². The Morgan fingerprint density at radius 3 is 3.07 bits per heavy atom. The molecule has 6 nitrogen and oxygen atoms in total. The van der Waals surface area contributed by atoms with Crippen LogP contribution in [0.15, 0.2) is 18.6 Å². The van der Waals surface area contributed by atoms with Gasteiger partial charge >= 0.3 is 0 Å². The fourth-order valence-corrected chi connectivity index (χ4v) is 1.25. The first-order valence-electron chi connectivity index (χ1n) is 4.31. The van der Waals surface area contributed by atoms with Crippen LogP contribution in [0.5, 0.6) is 0 Å². The molecule has 0 saturated heterocycles. The maximum atomic E-state index is 9.40. The number of aromatic amines is 1. The lowest BCUT2D eigenvalue weighted by molar-refractivity contribution is 0.188. The minimum atomic E-state index is -0.558. The number of aromatic nitrogens is 5. The highest BCUT2D eigenvalue weighted by atomic mass is 16.3. The third kappa shape index (κ3) is 1.64. The SMILES string of the molecule is C[C@@H](O)c1cnnn1Cc1cn[nH]c1. The van der Waals surface area contributed by atoms with E-state index in [-0.39, 0.29) is 0 Å². The molecule has 0 spiro atoms. The molecular formula is C8H11N5O. The summed E-state index contributed by atoms with van der Waals surface area (Å²) < 4.78 is 1.65. The summed E-state index contributed by atoms with van der Waals surface area (Å²) >= 11 is 0. The molecule has 0 aliphatic heterocycles. The lowest BCUT2D eigenvalue weighted by Crippen LogP contribution is -2.08. The molecule has 2 rings (SSSR count). The summed E-state index contributed by atoms with van der Waals surface area (Å²) in [6.07, 6.45) is 4.50. The maximum Gasteiger partial charge on any atom is 0.0945 e. The lowest BCUT2D eigenvalue weighted by atomic mass is 10.3. The third-order valence-electron chi connectivity index (χ3n) is 1.96. The Balaban J connectivity index is 2.21. The molecule has 0 unspecified atom stereocenters. The van der Waals surface area contributed by atoms with Gasteiger partial charge in [-0.05, 0) is 6.92 Å². The highest BCUT2D eigenvalue weighted by molar-refractivity contribution is 5.06. The molecule has 0 bridgehead atoms.